The van der Waals surface area contributed by atoms with Crippen LogP contribution in [0.15, 0.2) is 17.6 Å². The molecular formula is C7H13N3S. The Labute approximate surface area is 70.8 Å². The second-order valence-corrected chi connectivity index (χ2v) is 3.94. The Hall–Kier alpha value is -0.480. The number of thioether (sulfide) groups is 1. The smallest absolute Gasteiger partial charge is 0.165 e. The molecular weight excluding hydrogens is 158 g/mol. The molecule has 1 heterocycles. The van der Waals surface area contributed by atoms with Gasteiger partial charge >= 0.3 is 0 Å². The average Bonchev–Trinajstić information content (AvgIpc) is 2.39. The topological polar surface area (TPSA) is 54.7 Å². The summed E-state index contributed by atoms with van der Waals surface area (Å²) in [6, 6.07) is 0.199. The van der Waals surface area contributed by atoms with E-state index >= 15 is 0 Å². The Kier molecular flexibility index (Phi) is 2.96. The van der Waals surface area contributed by atoms with Crippen molar-refractivity contribution in [2.75, 3.05) is 0 Å². The van der Waals surface area contributed by atoms with Crippen molar-refractivity contribution in [1.29, 1.82) is 0 Å². The van der Waals surface area contributed by atoms with E-state index in [1.807, 2.05) is 13.1 Å². The maximum Gasteiger partial charge on any atom is 0.165 e. The van der Waals surface area contributed by atoms with Crippen LogP contribution in [0.25, 0.3) is 0 Å². The zero-order chi connectivity index (χ0) is 8.27. The van der Waals surface area contributed by atoms with Gasteiger partial charge in [0, 0.05) is 23.7 Å². The van der Waals surface area contributed by atoms with Gasteiger partial charge in [-0.2, -0.15) is 0 Å². The van der Waals surface area contributed by atoms with E-state index in [9.17, 15) is 0 Å². The van der Waals surface area contributed by atoms with E-state index in [2.05, 4.69) is 16.9 Å². The standard InChI is InChI=1S/C7H13N3S/c1-5(8)6(2)11-7-9-3-4-10-7/h3-6H,8H2,1-2H3,(H,9,10). The molecule has 0 fully saturated rings. The van der Waals surface area contributed by atoms with Gasteiger partial charge < -0.3 is 10.7 Å². The molecule has 0 spiro atoms. The first-order valence-electron chi connectivity index (χ1n) is 3.62. The number of aromatic nitrogens is 2. The van der Waals surface area contributed by atoms with Crippen molar-refractivity contribution in [3.63, 3.8) is 0 Å². The van der Waals surface area contributed by atoms with Gasteiger partial charge in [0.25, 0.3) is 0 Å². The molecule has 0 saturated heterocycles. The van der Waals surface area contributed by atoms with Crippen molar-refractivity contribution in [2.24, 2.45) is 5.73 Å². The van der Waals surface area contributed by atoms with Crippen molar-refractivity contribution < 1.29 is 0 Å². The number of nitrogens with zero attached hydrogens (tertiary/aromatic N) is 1. The zero-order valence-electron chi connectivity index (χ0n) is 6.74. The van der Waals surface area contributed by atoms with Crippen LogP contribution in [0.3, 0.4) is 0 Å². The van der Waals surface area contributed by atoms with Gasteiger partial charge in [-0.3, -0.25) is 0 Å². The third kappa shape index (κ3) is 2.55. The highest BCUT2D eigenvalue weighted by atomic mass is 32.2. The Morgan fingerprint density at radius 3 is 2.82 bits per heavy atom. The molecule has 0 aliphatic rings. The van der Waals surface area contributed by atoms with Crippen LogP contribution in [0.2, 0.25) is 0 Å². The molecule has 2 unspecified atom stereocenters. The highest BCUT2D eigenvalue weighted by Gasteiger charge is 2.09. The lowest BCUT2D eigenvalue weighted by Crippen LogP contribution is -2.26. The first-order valence-corrected chi connectivity index (χ1v) is 4.49. The summed E-state index contributed by atoms with van der Waals surface area (Å²) < 4.78 is 0. The predicted octanol–water partition coefficient (Wildman–Crippen LogP) is 1.24. The Morgan fingerprint density at radius 1 is 1.64 bits per heavy atom. The number of rotatable bonds is 3. The van der Waals surface area contributed by atoms with Crippen LogP contribution < -0.4 is 5.73 Å². The molecule has 0 aliphatic carbocycles. The summed E-state index contributed by atoms with van der Waals surface area (Å²) in [7, 11) is 0. The quantitative estimate of drug-likeness (QED) is 0.673. The summed E-state index contributed by atoms with van der Waals surface area (Å²) in [4.78, 5) is 7.11. The fraction of sp³-hybridized carbons (Fsp3) is 0.571. The second-order valence-electron chi connectivity index (χ2n) is 2.58. The first-order chi connectivity index (χ1) is 5.20. The van der Waals surface area contributed by atoms with E-state index in [-0.39, 0.29) is 6.04 Å². The van der Waals surface area contributed by atoms with E-state index in [1.165, 1.54) is 0 Å². The van der Waals surface area contributed by atoms with Gasteiger partial charge in [0.15, 0.2) is 5.16 Å². The molecule has 1 aromatic heterocycles. The number of H-pyrrole nitrogens is 1. The zero-order valence-corrected chi connectivity index (χ0v) is 7.56. The van der Waals surface area contributed by atoms with E-state index in [4.69, 9.17) is 5.73 Å². The molecule has 1 aromatic rings. The number of imidazole rings is 1. The Balaban J connectivity index is 2.43. The first kappa shape index (κ1) is 8.62. The van der Waals surface area contributed by atoms with Crippen molar-refractivity contribution in [3.8, 4) is 0 Å². The Bertz CT molecular complexity index is 195. The van der Waals surface area contributed by atoms with E-state index in [0.717, 1.165) is 5.16 Å². The molecule has 4 heteroatoms. The Morgan fingerprint density at radius 2 is 2.36 bits per heavy atom. The average molecular weight is 171 g/mol. The van der Waals surface area contributed by atoms with Crippen LogP contribution in [-0.2, 0) is 0 Å². The maximum atomic E-state index is 5.69. The van der Waals surface area contributed by atoms with Gasteiger partial charge in [0.05, 0.1) is 0 Å². The van der Waals surface area contributed by atoms with Gasteiger partial charge in [-0.15, -0.1) is 0 Å². The highest BCUT2D eigenvalue weighted by Crippen LogP contribution is 2.19. The molecule has 0 bridgehead atoms. The van der Waals surface area contributed by atoms with Gasteiger partial charge in [-0.05, 0) is 6.92 Å². The molecule has 0 saturated carbocycles. The molecule has 0 radical (unpaired) electrons. The fourth-order valence-electron chi connectivity index (χ4n) is 0.599. The van der Waals surface area contributed by atoms with Crippen LogP contribution >= 0.6 is 11.8 Å². The summed E-state index contributed by atoms with van der Waals surface area (Å²) in [6.07, 6.45) is 3.56. The third-order valence-corrected chi connectivity index (χ3v) is 2.76. The van der Waals surface area contributed by atoms with Crippen LogP contribution in [0, 0.1) is 0 Å². The largest absolute Gasteiger partial charge is 0.340 e. The van der Waals surface area contributed by atoms with Crippen molar-refractivity contribution in [3.05, 3.63) is 12.4 Å². The molecule has 0 aromatic carbocycles. The molecule has 0 aliphatic heterocycles. The van der Waals surface area contributed by atoms with Crippen LogP contribution in [-0.4, -0.2) is 21.3 Å². The van der Waals surface area contributed by atoms with Crippen LogP contribution in [0.1, 0.15) is 13.8 Å². The van der Waals surface area contributed by atoms with Crippen LogP contribution in [0.5, 0.6) is 0 Å². The molecule has 1 rings (SSSR count). The number of nitrogens with one attached hydrogen (secondary N) is 1. The molecule has 11 heavy (non-hydrogen) atoms. The lowest BCUT2D eigenvalue weighted by atomic mass is 10.3. The van der Waals surface area contributed by atoms with E-state index < -0.39 is 0 Å². The maximum absolute atomic E-state index is 5.69. The van der Waals surface area contributed by atoms with Crippen LogP contribution in [0.4, 0.5) is 0 Å². The molecule has 62 valence electrons. The number of nitrogens with two attached hydrogens (primary N) is 1. The second kappa shape index (κ2) is 3.78. The normalized spacial score (nSPS) is 16.3. The van der Waals surface area contributed by atoms with Gasteiger partial charge in [0.1, 0.15) is 0 Å². The van der Waals surface area contributed by atoms with Gasteiger partial charge in [-0.25, -0.2) is 4.98 Å². The highest BCUT2D eigenvalue weighted by molar-refractivity contribution is 7.99. The molecule has 3 N–H and O–H groups in total. The lowest BCUT2D eigenvalue weighted by molar-refractivity contribution is 0.728. The van der Waals surface area contributed by atoms with Gasteiger partial charge in [0.2, 0.25) is 0 Å². The number of aromatic amines is 1. The van der Waals surface area contributed by atoms with Gasteiger partial charge in [-0.1, -0.05) is 18.7 Å². The van der Waals surface area contributed by atoms with Crippen molar-refractivity contribution in [2.45, 2.75) is 30.3 Å². The minimum atomic E-state index is 0.199. The van der Waals surface area contributed by atoms with Crippen molar-refractivity contribution in [1.82, 2.24) is 9.97 Å². The summed E-state index contributed by atoms with van der Waals surface area (Å²) in [6.45, 7) is 4.10. The minimum absolute atomic E-state index is 0.199. The van der Waals surface area contributed by atoms with E-state index in [1.54, 1.807) is 18.0 Å². The van der Waals surface area contributed by atoms with E-state index in [0.29, 0.717) is 5.25 Å². The third-order valence-electron chi connectivity index (χ3n) is 1.51. The molecule has 2 atom stereocenters. The lowest BCUT2D eigenvalue weighted by Gasteiger charge is -2.12. The summed E-state index contributed by atoms with van der Waals surface area (Å²) in [5.41, 5.74) is 5.69. The SMILES string of the molecule is CC(N)C(C)Sc1ncc[nH]1. The molecule has 3 nitrogen and oxygen atoms in total. The minimum Gasteiger partial charge on any atom is -0.340 e. The van der Waals surface area contributed by atoms with Crippen molar-refractivity contribution >= 4 is 11.8 Å². The monoisotopic (exact) mass is 171 g/mol. The fourth-order valence-corrected chi connectivity index (χ4v) is 1.42. The summed E-state index contributed by atoms with van der Waals surface area (Å²) in [5, 5.41) is 1.34. The summed E-state index contributed by atoms with van der Waals surface area (Å²) >= 11 is 1.67. The number of hydrogen-bond acceptors (Lipinski definition) is 3. The predicted molar refractivity (Wildman–Crippen MR) is 47.6 cm³/mol. The summed E-state index contributed by atoms with van der Waals surface area (Å²) in [5.74, 6) is 0. The molecule has 0 amide bonds. The number of hydrogen-bond donors (Lipinski definition) is 2.